The third-order valence-corrected chi connectivity index (χ3v) is 5.71. The summed E-state index contributed by atoms with van der Waals surface area (Å²) in [5, 5.41) is 0.649. The third kappa shape index (κ3) is 5.58. The molecule has 2 N–H and O–H groups in total. The number of carbonyl (C=O) groups excluding carboxylic acids is 2. The molecule has 0 amide bonds. The zero-order chi connectivity index (χ0) is 26.5. The van der Waals surface area contributed by atoms with E-state index in [4.69, 9.17) is 19.9 Å². The molecule has 0 aliphatic rings. The van der Waals surface area contributed by atoms with Crippen LogP contribution in [0.5, 0.6) is 5.75 Å². The number of nitrogen functional groups attached to an aromatic ring is 1. The molecular formula is C29H31N3O5. The number of pyridine rings is 1. The van der Waals surface area contributed by atoms with Gasteiger partial charge in [0.15, 0.2) is 0 Å². The highest BCUT2D eigenvalue weighted by molar-refractivity contribution is 6.08. The van der Waals surface area contributed by atoms with Gasteiger partial charge in [0.2, 0.25) is 0 Å². The van der Waals surface area contributed by atoms with Crippen molar-refractivity contribution in [2.45, 2.75) is 40.2 Å². The van der Waals surface area contributed by atoms with Crippen molar-refractivity contribution < 1.29 is 23.8 Å². The molecule has 4 rings (SSSR count). The van der Waals surface area contributed by atoms with Crippen molar-refractivity contribution in [2.24, 2.45) is 0 Å². The molecule has 8 heteroatoms. The fraction of sp³-hybridized carbons (Fsp3) is 0.276. The number of carbonyl (C=O) groups is 2. The second kappa shape index (κ2) is 11.2. The number of nitrogens with two attached hydrogens (primary N) is 1. The predicted octanol–water partition coefficient (Wildman–Crippen LogP) is 5.34. The number of hydrogen-bond acceptors (Lipinski definition) is 7. The molecule has 0 bridgehead atoms. The first-order valence-corrected chi connectivity index (χ1v) is 12.3. The number of aromatic nitrogens is 2. The van der Waals surface area contributed by atoms with Crippen LogP contribution < -0.4 is 10.5 Å². The quantitative estimate of drug-likeness (QED) is 0.308. The molecule has 0 aliphatic carbocycles. The molecule has 37 heavy (non-hydrogen) atoms. The first-order chi connectivity index (χ1) is 17.8. The van der Waals surface area contributed by atoms with Crippen molar-refractivity contribution in [3.05, 3.63) is 72.1 Å². The van der Waals surface area contributed by atoms with Gasteiger partial charge in [-0.05, 0) is 76.2 Å². The SMILES string of the molecule is CCOC(=O)Cc1c(C(=O)OCC)c2cc(-c3ccc(N)cn3)ccc2n1-c1ccc(OC(C)C)cc1. The molecule has 0 saturated heterocycles. The van der Waals surface area contributed by atoms with Crippen LogP contribution in [-0.2, 0) is 20.7 Å². The number of hydrogen-bond donors (Lipinski definition) is 1. The monoisotopic (exact) mass is 501 g/mol. The number of fused-ring (bicyclic) bond motifs is 1. The van der Waals surface area contributed by atoms with Gasteiger partial charge in [-0.3, -0.25) is 9.78 Å². The topological polar surface area (TPSA) is 106 Å². The highest BCUT2D eigenvalue weighted by Gasteiger charge is 2.27. The van der Waals surface area contributed by atoms with Crippen LogP contribution in [0.15, 0.2) is 60.8 Å². The van der Waals surface area contributed by atoms with E-state index in [2.05, 4.69) is 4.98 Å². The van der Waals surface area contributed by atoms with Gasteiger partial charge in [0.25, 0.3) is 0 Å². The molecule has 0 atom stereocenters. The molecule has 0 fully saturated rings. The summed E-state index contributed by atoms with van der Waals surface area (Å²) in [5.74, 6) is -0.213. The van der Waals surface area contributed by atoms with Gasteiger partial charge in [-0.25, -0.2) is 4.79 Å². The minimum Gasteiger partial charge on any atom is -0.491 e. The first-order valence-electron chi connectivity index (χ1n) is 12.3. The zero-order valence-corrected chi connectivity index (χ0v) is 21.5. The molecule has 0 spiro atoms. The number of benzene rings is 2. The molecule has 8 nitrogen and oxygen atoms in total. The van der Waals surface area contributed by atoms with Gasteiger partial charge in [0, 0.05) is 22.3 Å². The Kier molecular flexibility index (Phi) is 7.77. The Morgan fingerprint density at radius 2 is 1.70 bits per heavy atom. The molecule has 0 radical (unpaired) electrons. The lowest BCUT2D eigenvalue weighted by Crippen LogP contribution is -2.15. The fourth-order valence-electron chi connectivity index (χ4n) is 4.27. The van der Waals surface area contributed by atoms with E-state index in [-0.39, 0.29) is 25.7 Å². The van der Waals surface area contributed by atoms with Gasteiger partial charge in [0.1, 0.15) is 5.75 Å². The van der Waals surface area contributed by atoms with Gasteiger partial charge >= 0.3 is 11.9 Å². The molecule has 2 aromatic heterocycles. The normalized spacial score (nSPS) is 11.1. The van der Waals surface area contributed by atoms with E-state index in [0.29, 0.717) is 28.0 Å². The second-order valence-electron chi connectivity index (χ2n) is 8.73. The van der Waals surface area contributed by atoms with E-state index < -0.39 is 11.9 Å². The highest BCUT2D eigenvalue weighted by atomic mass is 16.5. The standard InChI is InChI=1S/C29H31N3O5/c1-5-35-27(33)16-26-28(29(34)36-6-2)23-15-19(24-13-8-20(30)17-31-24)7-14-25(23)32(26)21-9-11-22(12-10-21)37-18(3)4/h7-15,17-18H,5-6,16,30H2,1-4H3. The van der Waals surface area contributed by atoms with E-state index >= 15 is 0 Å². The largest absolute Gasteiger partial charge is 0.491 e. The highest BCUT2D eigenvalue weighted by Crippen LogP contribution is 2.34. The van der Waals surface area contributed by atoms with Crippen molar-refractivity contribution in [1.82, 2.24) is 9.55 Å². The summed E-state index contributed by atoms with van der Waals surface area (Å²) in [7, 11) is 0. The average molecular weight is 502 g/mol. The van der Waals surface area contributed by atoms with Crippen LogP contribution in [0.1, 0.15) is 43.7 Å². The summed E-state index contributed by atoms with van der Waals surface area (Å²) in [6.45, 7) is 7.86. The fourth-order valence-corrected chi connectivity index (χ4v) is 4.27. The molecule has 4 aromatic rings. The molecular weight excluding hydrogens is 470 g/mol. The smallest absolute Gasteiger partial charge is 0.340 e. The molecule has 0 saturated carbocycles. The summed E-state index contributed by atoms with van der Waals surface area (Å²) >= 11 is 0. The summed E-state index contributed by atoms with van der Waals surface area (Å²) in [5.41, 5.74) is 10.2. The van der Waals surface area contributed by atoms with E-state index in [1.165, 1.54) is 0 Å². The van der Waals surface area contributed by atoms with Gasteiger partial charge in [-0.2, -0.15) is 0 Å². The molecule has 2 aromatic carbocycles. The Hall–Kier alpha value is -4.33. The Balaban J connectivity index is 1.96. The van der Waals surface area contributed by atoms with E-state index in [9.17, 15) is 9.59 Å². The van der Waals surface area contributed by atoms with Crippen LogP contribution in [0.4, 0.5) is 5.69 Å². The number of rotatable bonds is 9. The van der Waals surface area contributed by atoms with Crippen LogP contribution in [0.3, 0.4) is 0 Å². The minimum atomic E-state index is -0.507. The van der Waals surface area contributed by atoms with Gasteiger partial charge in [-0.1, -0.05) is 6.07 Å². The van der Waals surface area contributed by atoms with E-state index in [1.54, 1.807) is 26.1 Å². The second-order valence-corrected chi connectivity index (χ2v) is 8.73. The Morgan fingerprint density at radius 1 is 0.973 bits per heavy atom. The number of esters is 2. The summed E-state index contributed by atoms with van der Waals surface area (Å²) in [6, 6.07) is 16.9. The van der Waals surface area contributed by atoms with Crippen LogP contribution in [-0.4, -0.2) is 40.8 Å². The maximum atomic E-state index is 13.3. The van der Waals surface area contributed by atoms with Gasteiger partial charge in [-0.15, -0.1) is 0 Å². The van der Waals surface area contributed by atoms with E-state index in [0.717, 1.165) is 22.5 Å². The van der Waals surface area contributed by atoms with Gasteiger partial charge < -0.3 is 24.5 Å². The van der Waals surface area contributed by atoms with Crippen molar-refractivity contribution in [3.8, 4) is 22.7 Å². The predicted molar refractivity (Wildman–Crippen MR) is 143 cm³/mol. The van der Waals surface area contributed by atoms with Gasteiger partial charge in [0.05, 0.1) is 54.4 Å². The third-order valence-electron chi connectivity index (χ3n) is 5.71. The number of anilines is 1. The van der Waals surface area contributed by atoms with Crippen LogP contribution in [0, 0.1) is 0 Å². The van der Waals surface area contributed by atoms with Crippen LogP contribution >= 0.6 is 0 Å². The maximum Gasteiger partial charge on any atom is 0.340 e. The average Bonchev–Trinajstić information content (AvgIpc) is 3.17. The lowest BCUT2D eigenvalue weighted by atomic mass is 10.0. The lowest BCUT2D eigenvalue weighted by Gasteiger charge is -2.14. The summed E-state index contributed by atoms with van der Waals surface area (Å²) in [6.07, 6.45) is 1.52. The first kappa shape index (κ1) is 25.8. The summed E-state index contributed by atoms with van der Waals surface area (Å²) in [4.78, 5) is 30.4. The minimum absolute atomic E-state index is 0.0356. The van der Waals surface area contributed by atoms with E-state index in [1.807, 2.05) is 66.9 Å². The van der Waals surface area contributed by atoms with Crippen molar-refractivity contribution >= 4 is 28.5 Å². The van der Waals surface area contributed by atoms with Crippen LogP contribution in [0.25, 0.3) is 27.8 Å². The summed E-state index contributed by atoms with van der Waals surface area (Å²) < 4.78 is 18.4. The maximum absolute atomic E-state index is 13.3. The Labute approximate surface area is 216 Å². The zero-order valence-electron chi connectivity index (χ0n) is 21.5. The van der Waals surface area contributed by atoms with Crippen LogP contribution in [0.2, 0.25) is 0 Å². The number of nitrogens with zero attached hydrogens (tertiary/aromatic N) is 2. The Morgan fingerprint density at radius 3 is 2.32 bits per heavy atom. The molecule has 2 heterocycles. The lowest BCUT2D eigenvalue weighted by molar-refractivity contribution is -0.142. The number of ether oxygens (including phenoxy) is 3. The molecule has 192 valence electrons. The Bertz CT molecular complexity index is 1410. The molecule has 0 aliphatic heterocycles. The van der Waals surface area contributed by atoms with Crippen molar-refractivity contribution in [1.29, 1.82) is 0 Å². The van der Waals surface area contributed by atoms with Crippen molar-refractivity contribution in [3.63, 3.8) is 0 Å². The molecule has 0 unspecified atom stereocenters. The van der Waals surface area contributed by atoms with Crippen molar-refractivity contribution in [2.75, 3.05) is 18.9 Å².